The van der Waals surface area contributed by atoms with Crippen molar-refractivity contribution < 1.29 is 26.1 Å². The van der Waals surface area contributed by atoms with Crippen LogP contribution in [0.15, 0.2) is 107 Å². The van der Waals surface area contributed by atoms with E-state index in [2.05, 4.69) is 0 Å². The molecule has 4 aromatic rings. The number of hydrogen-bond donors (Lipinski definition) is 0. The summed E-state index contributed by atoms with van der Waals surface area (Å²) in [6.45, 7) is 3.66. The van der Waals surface area contributed by atoms with Gasteiger partial charge >= 0.3 is 7.12 Å². The second-order valence-corrected chi connectivity index (χ2v) is 13.0. The minimum atomic E-state index is -4.45. The quantitative estimate of drug-likeness (QED) is 0.275. The molecule has 7 nitrogen and oxygen atoms in total. The predicted octanol–water partition coefficient (Wildman–Crippen LogP) is 5.39. The predicted molar refractivity (Wildman–Crippen MR) is 148 cm³/mol. The van der Waals surface area contributed by atoms with E-state index in [1.807, 2.05) is 38.1 Å². The fraction of sp³-hybridized carbons (Fsp3) is 0.143. The number of sulfonamides is 2. The van der Waals surface area contributed by atoms with E-state index in [9.17, 15) is 16.8 Å². The third-order valence-electron chi connectivity index (χ3n) is 6.26. The van der Waals surface area contributed by atoms with Crippen LogP contribution in [0.3, 0.4) is 0 Å². The average Bonchev–Trinajstić information content (AvgIpc) is 3.32. The van der Waals surface area contributed by atoms with Crippen LogP contribution in [-0.4, -0.2) is 24.0 Å². The Morgan fingerprint density at radius 1 is 0.632 bits per heavy atom. The maximum Gasteiger partial charge on any atom is 0.595 e. The van der Waals surface area contributed by atoms with E-state index in [0.29, 0.717) is 28.0 Å². The van der Waals surface area contributed by atoms with Crippen molar-refractivity contribution in [3.63, 3.8) is 0 Å². The second-order valence-electron chi connectivity index (χ2n) is 9.15. The Labute approximate surface area is 223 Å². The highest BCUT2D eigenvalue weighted by atomic mass is 32.3. The van der Waals surface area contributed by atoms with Gasteiger partial charge in [0.05, 0.1) is 15.5 Å². The summed E-state index contributed by atoms with van der Waals surface area (Å²) in [7, 11) is -9.32. The molecule has 5 rings (SSSR count). The zero-order valence-electron chi connectivity index (χ0n) is 20.9. The number of fused-ring (bicyclic) bond motifs is 1. The number of anilines is 1. The van der Waals surface area contributed by atoms with Crippen LogP contribution in [0.4, 0.5) is 5.69 Å². The van der Waals surface area contributed by atoms with Crippen LogP contribution in [0, 0.1) is 13.8 Å². The Morgan fingerprint density at radius 3 is 1.53 bits per heavy atom. The molecule has 0 saturated carbocycles. The zero-order valence-corrected chi connectivity index (χ0v) is 22.6. The molecule has 0 aliphatic carbocycles. The summed E-state index contributed by atoms with van der Waals surface area (Å²) in [4.78, 5) is -0.226. The SMILES string of the molecule is Cc1ccc(S(=O)(=O)N(c2ccc(CCB3Oc4ccccc4O3)cc2)S(=O)(=O)c2ccc(C)cc2)cc1. The molecule has 0 saturated heterocycles. The van der Waals surface area contributed by atoms with Gasteiger partial charge in [-0.1, -0.05) is 59.7 Å². The standard InChI is InChI=1S/C28H26BNO6S2/c1-21-7-15-25(16-8-21)37(31,32)30(38(33,34)26-17-9-22(2)10-18-26)24-13-11-23(12-14-24)19-20-29-35-27-5-3-4-6-28(27)36-29/h3-18H,19-20H2,1-2H3. The maximum atomic E-state index is 13.7. The van der Waals surface area contributed by atoms with E-state index in [1.165, 1.54) is 36.4 Å². The van der Waals surface area contributed by atoms with Gasteiger partial charge < -0.3 is 9.31 Å². The van der Waals surface area contributed by atoms with Gasteiger partial charge in [0.15, 0.2) is 0 Å². The number of hydrogen-bond acceptors (Lipinski definition) is 6. The van der Waals surface area contributed by atoms with Crippen LogP contribution < -0.4 is 13.0 Å². The summed E-state index contributed by atoms with van der Waals surface area (Å²) >= 11 is 0. The normalized spacial score (nSPS) is 12.9. The van der Waals surface area contributed by atoms with Crippen molar-refractivity contribution in [2.45, 2.75) is 36.4 Å². The highest BCUT2D eigenvalue weighted by molar-refractivity contribution is 8.10. The lowest BCUT2D eigenvalue weighted by Gasteiger charge is -2.24. The van der Waals surface area contributed by atoms with Crippen LogP contribution in [-0.2, 0) is 26.5 Å². The minimum Gasteiger partial charge on any atom is -0.523 e. The van der Waals surface area contributed by atoms with E-state index >= 15 is 0 Å². The molecule has 194 valence electrons. The van der Waals surface area contributed by atoms with Gasteiger partial charge in [-0.25, -0.2) is 16.8 Å². The molecule has 1 heterocycles. The van der Waals surface area contributed by atoms with Crippen LogP contribution in [0.25, 0.3) is 0 Å². The fourth-order valence-corrected chi connectivity index (χ4v) is 7.85. The lowest BCUT2D eigenvalue weighted by Crippen LogP contribution is -2.37. The van der Waals surface area contributed by atoms with Crippen molar-refractivity contribution in [2.24, 2.45) is 0 Å². The number of aryl methyl sites for hydroxylation is 3. The molecule has 0 atom stereocenters. The monoisotopic (exact) mass is 547 g/mol. The molecule has 0 aromatic heterocycles. The van der Waals surface area contributed by atoms with Crippen LogP contribution in [0.5, 0.6) is 11.5 Å². The summed E-state index contributed by atoms with van der Waals surface area (Å²) in [5.74, 6) is 1.40. The molecule has 0 unspecified atom stereocenters. The third kappa shape index (κ3) is 5.14. The summed E-state index contributed by atoms with van der Waals surface area (Å²) in [5, 5.41) is 0. The van der Waals surface area contributed by atoms with Crippen molar-refractivity contribution in [3.8, 4) is 11.5 Å². The molecule has 0 fully saturated rings. The van der Waals surface area contributed by atoms with Gasteiger partial charge in [-0.3, -0.25) is 0 Å². The van der Waals surface area contributed by atoms with E-state index in [-0.39, 0.29) is 15.5 Å². The Kier molecular flexibility index (Phi) is 6.94. The lowest BCUT2D eigenvalue weighted by atomic mass is 9.82. The summed E-state index contributed by atoms with van der Waals surface area (Å²) in [6.07, 6.45) is 1.16. The van der Waals surface area contributed by atoms with Crippen molar-refractivity contribution >= 4 is 32.9 Å². The highest BCUT2D eigenvalue weighted by Crippen LogP contribution is 2.34. The molecular weight excluding hydrogens is 521 g/mol. The van der Waals surface area contributed by atoms with Gasteiger partial charge in [0, 0.05) is 6.32 Å². The topological polar surface area (TPSA) is 90.0 Å². The first kappa shape index (κ1) is 25.9. The van der Waals surface area contributed by atoms with Gasteiger partial charge in [0.25, 0.3) is 20.0 Å². The van der Waals surface area contributed by atoms with Gasteiger partial charge in [-0.2, -0.15) is 3.71 Å². The van der Waals surface area contributed by atoms with Gasteiger partial charge in [-0.15, -0.1) is 0 Å². The van der Waals surface area contributed by atoms with Gasteiger partial charge in [0.2, 0.25) is 0 Å². The molecule has 38 heavy (non-hydrogen) atoms. The van der Waals surface area contributed by atoms with Gasteiger partial charge in [-0.05, 0) is 74.4 Å². The summed E-state index contributed by atoms with van der Waals surface area (Å²) in [6, 6.07) is 26.1. The molecule has 0 bridgehead atoms. The first-order valence-corrected chi connectivity index (χ1v) is 15.0. The fourth-order valence-electron chi connectivity index (χ4n) is 4.16. The Balaban J connectivity index is 1.44. The second kappa shape index (κ2) is 10.2. The molecular formula is C28H26BNO6S2. The molecule has 1 aliphatic heterocycles. The van der Waals surface area contributed by atoms with E-state index in [1.54, 1.807) is 36.4 Å². The average molecular weight is 547 g/mol. The first-order valence-electron chi connectivity index (χ1n) is 12.1. The van der Waals surface area contributed by atoms with E-state index in [4.69, 9.17) is 9.31 Å². The number of para-hydroxylation sites is 2. The molecule has 0 radical (unpaired) electrons. The minimum absolute atomic E-state index is 0.0238. The largest absolute Gasteiger partial charge is 0.595 e. The van der Waals surface area contributed by atoms with Crippen LogP contribution in [0.1, 0.15) is 16.7 Å². The number of rotatable bonds is 8. The molecule has 0 N–H and O–H groups in total. The smallest absolute Gasteiger partial charge is 0.523 e. The van der Waals surface area contributed by atoms with Crippen molar-refractivity contribution in [3.05, 3.63) is 114 Å². The van der Waals surface area contributed by atoms with Gasteiger partial charge in [0.1, 0.15) is 11.5 Å². The van der Waals surface area contributed by atoms with E-state index < -0.39 is 27.2 Å². The Morgan fingerprint density at radius 2 is 1.08 bits per heavy atom. The molecule has 0 spiro atoms. The highest BCUT2D eigenvalue weighted by Gasteiger charge is 2.37. The number of benzene rings is 4. The van der Waals surface area contributed by atoms with Crippen molar-refractivity contribution in [1.82, 2.24) is 0 Å². The molecule has 0 amide bonds. The first-order chi connectivity index (χ1) is 18.1. The zero-order chi connectivity index (χ0) is 26.9. The van der Waals surface area contributed by atoms with Crippen molar-refractivity contribution in [2.75, 3.05) is 3.71 Å². The van der Waals surface area contributed by atoms with Crippen LogP contribution >= 0.6 is 0 Å². The maximum absolute atomic E-state index is 13.7. The third-order valence-corrected chi connectivity index (χ3v) is 10.5. The van der Waals surface area contributed by atoms with Crippen LogP contribution in [0.2, 0.25) is 6.32 Å². The number of nitrogens with zero attached hydrogens (tertiary/aromatic N) is 1. The van der Waals surface area contributed by atoms with Crippen molar-refractivity contribution in [1.29, 1.82) is 0 Å². The molecule has 1 aliphatic rings. The Bertz CT molecular complexity index is 1550. The summed E-state index contributed by atoms with van der Waals surface area (Å²) in [5.41, 5.74) is 2.63. The van der Waals surface area contributed by atoms with E-state index in [0.717, 1.165) is 16.7 Å². The lowest BCUT2D eigenvalue weighted by molar-refractivity contribution is 0.496. The summed E-state index contributed by atoms with van der Waals surface area (Å²) < 4.78 is 67.1. The molecule has 4 aromatic carbocycles. The molecule has 10 heteroatoms. The Hall–Kier alpha value is -3.76.